The van der Waals surface area contributed by atoms with Crippen molar-refractivity contribution in [2.75, 3.05) is 26.8 Å². The number of ether oxygens (including phenoxy) is 2. The molecule has 1 aliphatic rings. The van der Waals surface area contributed by atoms with Crippen molar-refractivity contribution < 1.29 is 19.1 Å². The topological polar surface area (TPSA) is 55.8 Å². The molecule has 0 aromatic rings. The highest BCUT2D eigenvalue weighted by Gasteiger charge is 2.40. The summed E-state index contributed by atoms with van der Waals surface area (Å²) in [7, 11) is 1.42. The van der Waals surface area contributed by atoms with E-state index in [1.165, 1.54) is 7.11 Å². The van der Waals surface area contributed by atoms with Crippen molar-refractivity contribution in [1.82, 2.24) is 4.90 Å². The maximum absolute atomic E-state index is 11.8. The Balaban J connectivity index is 2.43. The monoisotopic (exact) mass is 285 g/mol. The van der Waals surface area contributed by atoms with Gasteiger partial charge in [0.2, 0.25) is 0 Å². The molecule has 1 heterocycles. The smallest absolute Gasteiger partial charge is 0.409 e. The minimum atomic E-state index is -0.493. The van der Waals surface area contributed by atoms with Crippen LogP contribution in [0.4, 0.5) is 4.79 Å². The number of methoxy groups -OCH3 is 1. The fourth-order valence-electron chi connectivity index (χ4n) is 2.61. The van der Waals surface area contributed by atoms with Gasteiger partial charge in [0.05, 0.1) is 19.1 Å². The molecule has 1 amide bonds. The molecule has 0 N–H and O–H groups in total. The largest absolute Gasteiger partial charge is 0.469 e. The molecule has 0 atom stereocenters. The summed E-state index contributed by atoms with van der Waals surface area (Å²) in [5, 5.41) is 0. The van der Waals surface area contributed by atoms with Gasteiger partial charge in [0.15, 0.2) is 0 Å². The van der Waals surface area contributed by atoms with Crippen LogP contribution in [0.3, 0.4) is 0 Å². The third-order valence-corrected chi connectivity index (χ3v) is 4.21. The molecular formula is C15H27NO4. The summed E-state index contributed by atoms with van der Waals surface area (Å²) >= 11 is 0. The van der Waals surface area contributed by atoms with Crippen molar-refractivity contribution in [2.24, 2.45) is 11.3 Å². The highest BCUT2D eigenvalue weighted by Crippen LogP contribution is 2.36. The Morgan fingerprint density at radius 3 is 2.35 bits per heavy atom. The first-order valence-electron chi connectivity index (χ1n) is 7.43. The molecule has 20 heavy (non-hydrogen) atoms. The van der Waals surface area contributed by atoms with E-state index in [-0.39, 0.29) is 18.0 Å². The van der Waals surface area contributed by atoms with Crippen LogP contribution in [0.25, 0.3) is 0 Å². The number of nitrogens with zero attached hydrogens (tertiary/aromatic N) is 1. The molecule has 0 aromatic heterocycles. The molecule has 0 saturated carbocycles. The fourth-order valence-corrected chi connectivity index (χ4v) is 2.61. The summed E-state index contributed by atoms with van der Waals surface area (Å²) in [6, 6.07) is 0. The zero-order chi connectivity index (χ0) is 15.2. The Labute approximate surface area is 121 Å². The predicted molar refractivity (Wildman–Crippen MR) is 76.4 cm³/mol. The third-order valence-electron chi connectivity index (χ3n) is 4.21. The number of rotatable bonds is 5. The first-order chi connectivity index (χ1) is 9.43. The van der Waals surface area contributed by atoms with Crippen LogP contribution in [-0.2, 0) is 14.3 Å². The van der Waals surface area contributed by atoms with Crippen LogP contribution in [0.15, 0.2) is 0 Å². The second-order valence-electron chi connectivity index (χ2n) is 5.94. The van der Waals surface area contributed by atoms with Crippen molar-refractivity contribution in [3.05, 3.63) is 0 Å². The number of esters is 1. The molecule has 0 radical (unpaired) electrons. The minimum Gasteiger partial charge on any atom is -0.469 e. The zero-order valence-electron chi connectivity index (χ0n) is 13.1. The van der Waals surface area contributed by atoms with Crippen molar-refractivity contribution in [2.45, 2.75) is 46.5 Å². The molecule has 5 heteroatoms. The number of carbonyl (C=O) groups is 2. The molecule has 0 spiro atoms. The van der Waals surface area contributed by atoms with Crippen LogP contribution in [0, 0.1) is 11.3 Å². The van der Waals surface area contributed by atoms with Crippen molar-refractivity contribution in [1.29, 1.82) is 0 Å². The van der Waals surface area contributed by atoms with Gasteiger partial charge in [-0.25, -0.2) is 4.79 Å². The Morgan fingerprint density at radius 1 is 1.25 bits per heavy atom. The second-order valence-corrected chi connectivity index (χ2v) is 5.94. The van der Waals surface area contributed by atoms with E-state index in [0.717, 1.165) is 25.7 Å². The SMILES string of the molecule is CCCCOC(=O)N1CCC(C(C)(C)C(=O)OC)CC1. The van der Waals surface area contributed by atoms with Gasteiger partial charge in [0.25, 0.3) is 0 Å². The van der Waals surface area contributed by atoms with E-state index in [2.05, 4.69) is 6.92 Å². The summed E-state index contributed by atoms with van der Waals surface area (Å²) in [6.07, 6.45) is 3.31. The predicted octanol–water partition coefficient (Wildman–Crippen LogP) is 2.83. The maximum Gasteiger partial charge on any atom is 0.409 e. The van der Waals surface area contributed by atoms with E-state index >= 15 is 0 Å². The number of hydrogen-bond donors (Lipinski definition) is 0. The molecule has 0 aromatic carbocycles. The number of amides is 1. The Morgan fingerprint density at radius 2 is 1.85 bits per heavy atom. The number of piperidine rings is 1. The fraction of sp³-hybridized carbons (Fsp3) is 0.867. The van der Waals surface area contributed by atoms with Crippen LogP contribution >= 0.6 is 0 Å². The quantitative estimate of drug-likeness (QED) is 0.576. The highest BCUT2D eigenvalue weighted by molar-refractivity contribution is 5.76. The standard InChI is InChI=1S/C15H27NO4/c1-5-6-11-20-14(18)16-9-7-12(8-10-16)15(2,3)13(17)19-4/h12H,5-11H2,1-4H3. The lowest BCUT2D eigenvalue weighted by molar-refractivity contribution is -0.155. The van der Waals surface area contributed by atoms with E-state index in [9.17, 15) is 9.59 Å². The van der Waals surface area contributed by atoms with Gasteiger partial charge in [0.1, 0.15) is 0 Å². The summed E-state index contributed by atoms with van der Waals surface area (Å²) in [4.78, 5) is 25.4. The Kier molecular flexibility index (Phi) is 6.30. The number of hydrogen-bond acceptors (Lipinski definition) is 4. The van der Waals surface area contributed by atoms with Gasteiger partial charge in [-0.3, -0.25) is 4.79 Å². The van der Waals surface area contributed by atoms with Gasteiger partial charge in [-0.1, -0.05) is 13.3 Å². The first-order valence-corrected chi connectivity index (χ1v) is 7.43. The van der Waals surface area contributed by atoms with Crippen LogP contribution < -0.4 is 0 Å². The maximum atomic E-state index is 11.8. The van der Waals surface area contributed by atoms with Crippen molar-refractivity contribution in [3.63, 3.8) is 0 Å². The lowest BCUT2D eigenvalue weighted by atomic mass is 9.74. The summed E-state index contributed by atoms with van der Waals surface area (Å²) in [5.41, 5.74) is -0.493. The van der Waals surface area contributed by atoms with Gasteiger partial charge in [0, 0.05) is 13.1 Å². The zero-order valence-corrected chi connectivity index (χ0v) is 13.1. The van der Waals surface area contributed by atoms with E-state index < -0.39 is 5.41 Å². The molecule has 0 bridgehead atoms. The van der Waals surface area contributed by atoms with Gasteiger partial charge >= 0.3 is 12.1 Å². The van der Waals surface area contributed by atoms with Crippen LogP contribution in [0.2, 0.25) is 0 Å². The van der Waals surface area contributed by atoms with Crippen LogP contribution in [0.5, 0.6) is 0 Å². The molecule has 5 nitrogen and oxygen atoms in total. The van der Waals surface area contributed by atoms with E-state index in [1.807, 2.05) is 13.8 Å². The van der Waals surface area contributed by atoms with Crippen molar-refractivity contribution in [3.8, 4) is 0 Å². The van der Waals surface area contributed by atoms with Crippen LogP contribution in [0.1, 0.15) is 46.5 Å². The number of unbranched alkanes of at least 4 members (excludes halogenated alkanes) is 1. The Hall–Kier alpha value is -1.26. The molecule has 0 unspecified atom stereocenters. The highest BCUT2D eigenvalue weighted by atomic mass is 16.6. The van der Waals surface area contributed by atoms with Crippen LogP contribution in [-0.4, -0.2) is 43.8 Å². The number of carbonyl (C=O) groups excluding carboxylic acids is 2. The first kappa shape index (κ1) is 16.8. The van der Waals surface area contributed by atoms with Gasteiger partial charge < -0.3 is 14.4 Å². The molecular weight excluding hydrogens is 258 g/mol. The van der Waals surface area contributed by atoms with E-state index in [1.54, 1.807) is 4.90 Å². The number of likely N-dealkylation sites (tertiary alicyclic amines) is 1. The summed E-state index contributed by atoms with van der Waals surface area (Å²) in [5.74, 6) is 0.0658. The average molecular weight is 285 g/mol. The lowest BCUT2D eigenvalue weighted by Crippen LogP contribution is -2.44. The lowest BCUT2D eigenvalue weighted by Gasteiger charge is -2.38. The van der Waals surface area contributed by atoms with Gasteiger partial charge in [-0.2, -0.15) is 0 Å². The minimum absolute atomic E-state index is 0.179. The van der Waals surface area contributed by atoms with Gasteiger partial charge in [-0.15, -0.1) is 0 Å². The van der Waals surface area contributed by atoms with Gasteiger partial charge in [-0.05, 0) is 39.0 Å². The summed E-state index contributed by atoms with van der Waals surface area (Å²) in [6.45, 7) is 7.68. The average Bonchev–Trinajstić information content (AvgIpc) is 2.46. The molecule has 1 rings (SSSR count). The third kappa shape index (κ3) is 4.12. The van der Waals surface area contributed by atoms with E-state index in [4.69, 9.17) is 9.47 Å². The normalized spacial score (nSPS) is 16.9. The summed E-state index contributed by atoms with van der Waals surface area (Å²) < 4.78 is 10.1. The molecule has 1 fully saturated rings. The molecule has 0 aliphatic carbocycles. The molecule has 116 valence electrons. The molecule has 1 saturated heterocycles. The molecule has 1 aliphatic heterocycles. The Bertz CT molecular complexity index is 333. The van der Waals surface area contributed by atoms with E-state index in [0.29, 0.717) is 19.7 Å². The van der Waals surface area contributed by atoms with Crippen molar-refractivity contribution >= 4 is 12.1 Å². The second kappa shape index (κ2) is 7.50.